The standard InChI is InChI=1S/C28H36N2O8/c1-15(2)30-23(18-8-11-21(36-5)16(3)12-18)20(13-17-6-9-19(35-4)10-7-17)27(29-30)38-28-26(34)25(33)24(32)22(14-31)37-28/h6-12,15,22,24-26,28,31-34H,13-14H2,1-5H3/t22-,24-,25+,26-,28+/m1/s1. The molecule has 2 aromatic carbocycles. The first-order valence-electron chi connectivity index (χ1n) is 12.5. The quantitative estimate of drug-likeness (QED) is 0.330. The van der Waals surface area contributed by atoms with Gasteiger partial charge in [0.1, 0.15) is 35.9 Å². The molecule has 0 unspecified atom stereocenters. The van der Waals surface area contributed by atoms with E-state index in [0.717, 1.165) is 39.4 Å². The number of aliphatic hydroxyl groups excluding tert-OH is 4. The molecule has 0 radical (unpaired) electrons. The predicted molar refractivity (Wildman–Crippen MR) is 140 cm³/mol. The zero-order valence-electron chi connectivity index (χ0n) is 22.2. The highest BCUT2D eigenvalue weighted by atomic mass is 16.7. The number of aliphatic hydroxyl groups is 4. The summed E-state index contributed by atoms with van der Waals surface area (Å²) in [5.41, 5.74) is 4.38. The van der Waals surface area contributed by atoms with Crippen molar-refractivity contribution < 1.29 is 39.4 Å². The molecule has 2 heterocycles. The molecular weight excluding hydrogens is 492 g/mol. The second kappa shape index (κ2) is 11.7. The molecule has 5 atom stereocenters. The number of hydrogen-bond acceptors (Lipinski definition) is 9. The van der Waals surface area contributed by atoms with Crippen LogP contribution in [0.4, 0.5) is 0 Å². The maximum atomic E-state index is 10.6. The van der Waals surface area contributed by atoms with Gasteiger partial charge in [0.25, 0.3) is 0 Å². The van der Waals surface area contributed by atoms with Crippen molar-refractivity contribution in [1.29, 1.82) is 0 Å². The molecule has 1 aliphatic rings. The first kappa shape index (κ1) is 27.9. The van der Waals surface area contributed by atoms with Crippen LogP contribution in [0.1, 0.15) is 36.6 Å². The molecule has 0 aliphatic carbocycles. The van der Waals surface area contributed by atoms with Gasteiger partial charge in [0.05, 0.1) is 26.5 Å². The van der Waals surface area contributed by atoms with E-state index in [0.29, 0.717) is 6.42 Å². The zero-order chi connectivity index (χ0) is 27.6. The number of rotatable bonds is 9. The molecular formula is C28H36N2O8. The van der Waals surface area contributed by atoms with Crippen LogP contribution in [0, 0.1) is 6.92 Å². The van der Waals surface area contributed by atoms with Gasteiger partial charge in [-0.3, -0.25) is 4.68 Å². The van der Waals surface area contributed by atoms with Crippen LogP contribution in [0.15, 0.2) is 42.5 Å². The maximum Gasteiger partial charge on any atom is 0.239 e. The lowest BCUT2D eigenvalue weighted by Crippen LogP contribution is -2.60. The molecule has 4 N–H and O–H groups in total. The number of ether oxygens (including phenoxy) is 4. The Labute approximate surface area is 222 Å². The number of methoxy groups -OCH3 is 2. The zero-order valence-corrected chi connectivity index (χ0v) is 22.2. The molecule has 38 heavy (non-hydrogen) atoms. The van der Waals surface area contributed by atoms with Crippen molar-refractivity contribution in [3.63, 3.8) is 0 Å². The highest BCUT2D eigenvalue weighted by molar-refractivity contribution is 5.69. The summed E-state index contributed by atoms with van der Waals surface area (Å²) >= 11 is 0. The van der Waals surface area contributed by atoms with Crippen molar-refractivity contribution in [2.45, 2.75) is 63.9 Å². The second-order valence-corrected chi connectivity index (χ2v) is 9.70. The molecule has 0 amide bonds. The molecule has 1 fully saturated rings. The molecule has 3 aromatic rings. The average Bonchev–Trinajstić information content (AvgIpc) is 3.27. The number of nitrogens with zero attached hydrogens (tertiary/aromatic N) is 2. The van der Waals surface area contributed by atoms with Crippen LogP contribution in [-0.2, 0) is 11.2 Å². The van der Waals surface area contributed by atoms with E-state index >= 15 is 0 Å². The Balaban J connectivity index is 1.82. The Hall–Kier alpha value is -3.15. The van der Waals surface area contributed by atoms with Crippen LogP contribution in [-0.4, -0.2) is 81.7 Å². The first-order valence-corrected chi connectivity index (χ1v) is 12.5. The lowest BCUT2D eigenvalue weighted by molar-refractivity contribution is -0.278. The minimum atomic E-state index is -1.56. The van der Waals surface area contributed by atoms with E-state index in [4.69, 9.17) is 24.0 Å². The van der Waals surface area contributed by atoms with Crippen molar-refractivity contribution in [3.05, 3.63) is 59.2 Å². The third-order valence-corrected chi connectivity index (χ3v) is 6.75. The van der Waals surface area contributed by atoms with Gasteiger partial charge in [-0.15, -0.1) is 5.10 Å². The number of benzene rings is 2. The predicted octanol–water partition coefficient (Wildman–Crippen LogP) is 2.23. The van der Waals surface area contributed by atoms with E-state index in [9.17, 15) is 20.4 Å². The minimum absolute atomic E-state index is 0.0471. The Morgan fingerprint density at radius 3 is 2.26 bits per heavy atom. The Morgan fingerprint density at radius 1 is 0.974 bits per heavy atom. The van der Waals surface area contributed by atoms with E-state index in [1.54, 1.807) is 14.2 Å². The fourth-order valence-corrected chi connectivity index (χ4v) is 4.63. The summed E-state index contributed by atoms with van der Waals surface area (Å²) < 4.78 is 24.3. The van der Waals surface area contributed by atoms with Gasteiger partial charge < -0.3 is 39.4 Å². The van der Waals surface area contributed by atoms with E-state index in [1.165, 1.54) is 0 Å². The second-order valence-electron chi connectivity index (χ2n) is 9.70. The molecule has 1 aromatic heterocycles. The normalized spacial score (nSPS) is 23.5. The monoisotopic (exact) mass is 528 g/mol. The van der Waals surface area contributed by atoms with Crippen LogP contribution in [0.25, 0.3) is 11.3 Å². The smallest absolute Gasteiger partial charge is 0.239 e. The van der Waals surface area contributed by atoms with Gasteiger partial charge in [0, 0.05) is 23.6 Å². The Bertz CT molecular complexity index is 1220. The van der Waals surface area contributed by atoms with Gasteiger partial charge in [-0.2, -0.15) is 0 Å². The van der Waals surface area contributed by atoms with Crippen molar-refractivity contribution >= 4 is 0 Å². The summed E-state index contributed by atoms with van der Waals surface area (Å²) in [6.07, 6.45) is -6.63. The van der Waals surface area contributed by atoms with Crippen molar-refractivity contribution in [2.24, 2.45) is 0 Å². The van der Waals surface area contributed by atoms with Crippen LogP contribution >= 0.6 is 0 Å². The maximum absolute atomic E-state index is 10.6. The topological polar surface area (TPSA) is 136 Å². The molecule has 1 saturated heterocycles. The molecule has 0 saturated carbocycles. The summed E-state index contributed by atoms with van der Waals surface area (Å²) in [7, 11) is 3.24. The fraction of sp³-hybridized carbons (Fsp3) is 0.464. The summed E-state index contributed by atoms with van der Waals surface area (Å²) in [5.74, 6) is 1.71. The van der Waals surface area contributed by atoms with E-state index in [2.05, 4.69) is 0 Å². The fourth-order valence-electron chi connectivity index (χ4n) is 4.63. The first-order chi connectivity index (χ1) is 18.2. The van der Waals surface area contributed by atoms with Crippen molar-refractivity contribution in [3.8, 4) is 28.6 Å². The van der Waals surface area contributed by atoms with Gasteiger partial charge in [-0.25, -0.2) is 0 Å². The van der Waals surface area contributed by atoms with Gasteiger partial charge in [0.2, 0.25) is 12.2 Å². The van der Waals surface area contributed by atoms with E-state index in [1.807, 2.05) is 67.9 Å². The molecule has 0 bridgehead atoms. The van der Waals surface area contributed by atoms with Crippen LogP contribution < -0.4 is 14.2 Å². The Kier molecular flexibility index (Phi) is 8.59. The largest absolute Gasteiger partial charge is 0.497 e. The molecule has 10 nitrogen and oxygen atoms in total. The van der Waals surface area contributed by atoms with Gasteiger partial charge in [-0.1, -0.05) is 12.1 Å². The summed E-state index contributed by atoms with van der Waals surface area (Å²) in [6, 6.07) is 13.5. The van der Waals surface area contributed by atoms with Crippen molar-refractivity contribution in [1.82, 2.24) is 9.78 Å². The lowest BCUT2D eigenvalue weighted by Gasteiger charge is -2.39. The molecule has 4 rings (SSSR count). The summed E-state index contributed by atoms with van der Waals surface area (Å²) in [4.78, 5) is 0. The van der Waals surface area contributed by atoms with Crippen molar-refractivity contribution in [2.75, 3.05) is 20.8 Å². The van der Waals surface area contributed by atoms with Crippen LogP contribution in [0.2, 0.25) is 0 Å². The number of aromatic nitrogens is 2. The third-order valence-electron chi connectivity index (χ3n) is 6.75. The van der Waals surface area contributed by atoms with E-state index < -0.39 is 37.3 Å². The average molecular weight is 529 g/mol. The third kappa shape index (κ3) is 5.50. The van der Waals surface area contributed by atoms with Crippen LogP contribution in [0.3, 0.4) is 0 Å². The SMILES string of the molecule is COc1ccc(Cc2c(O[C@@H]3O[C@H](CO)[C@@H](O)[C@H](O)[C@H]3O)nn(C(C)C)c2-c2ccc(OC)c(C)c2)cc1. The highest BCUT2D eigenvalue weighted by Gasteiger charge is 2.45. The summed E-state index contributed by atoms with van der Waals surface area (Å²) in [6.45, 7) is 5.41. The van der Waals surface area contributed by atoms with Gasteiger partial charge in [0.15, 0.2) is 0 Å². The van der Waals surface area contributed by atoms with Gasteiger partial charge in [-0.05, 0) is 62.2 Å². The lowest BCUT2D eigenvalue weighted by atomic mass is 9.98. The van der Waals surface area contributed by atoms with E-state index in [-0.39, 0.29) is 11.9 Å². The molecule has 1 aliphatic heterocycles. The Morgan fingerprint density at radius 2 is 1.68 bits per heavy atom. The highest BCUT2D eigenvalue weighted by Crippen LogP contribution is 2.38. The number of aryl methyl sites for hydroxylation is 1. The molecule has 0 spiro atoms. The van der Waals surface area contributed by atoms with Crippen LogP contribution in [0.5, 0.6) is 17.4 Å². The van der Waals surface area contributed by atoms with Gasteiger partial charge >= 0.3 is 0 Å². The molecule has 10 heteroatoms. The number of hydrogen-bond donors (Lipinski definition) is 4. The summed E-state index contributed by atoms with van der Waals surface area (Å²) in [5, 5.41) is 45.4. The molecule has 206 valence electrons. The minimum Gasteiger partial charge on any atom is -0.497 e.